The van der Waals surface area contributed by atoms with Gasteiger partial charge in [0.05, 0.1) is 6.61 Å². The number of hydrogen-bond acceptors (Lipinski definition) is 6. The number of aliphatic hydroxyl groups is 1. The van der Waals surface area contributed by atoms with Crippen molar-refractivity contribution >= 4 is 33.8 Å². The molecule has 0 bridgehead atoms. The van der Waals surface area contributed by atoms with E-state index in [1.54, 1.807) is 0 Å². The summed E-state index contributed by atoms with van der Waals surface area (Å²) in [5.74, 6) is 0.785. The molecule has 1 amide bonds. The first kappa shape index (κ1) is 32.2. The van der Waals surface area contributed by atoms with Crippen LogP contribution in [0, 0.1) is 0 Å². The van der Waals surface area contributed by atoms with Crippen molar-refractivity contribution < 1.29 is 19.4 Å². The second-order valence-corrected chi connectivity index (χ2v) is 11.7. The molecule has 0 unspecified atom stereocenters. The highest BCUT2D eigenvalue weighted by Gasteiger charge is 2.53. The number of aliphatic imine (C=N–C) groups is 1. The maximum atomic E-state index is 14.3. The lowest BCUT2D eigenvalue weighted by atomic mass is 9.84. The number of carbonyl (C=O) groups excluding carboxylic acids is 1. The third kappa shape index (κ3) is 8.48. The first-order valence-corrected chi connectivity index (χ1v) is 16.0. The summed E-state index contributed by atoms with van der Waals surface area (Å²) < 4.78 is 13.1. The molecule has 8 heteroatoms. The monoisotopic (exact) mass is 667 g/mol. The van der Waals surface area contributed by atoms with Crippen molar-refractivity contribution in [2.24, 2.45) is 4.99 Å². The van der Waals surface area contributed by atoms with Crippen LogP contribution in [-0.4, -0.2) is 42.2 Å². The topological polar surface area (TPSA) is 92.2 Å². The molecule has 2 atom stereocenters. The Morgan fingerprint density at radius 1 is 0.933 bits per heavy atom. The lowest BCUT2D eigenvalue weighted by Gasteiger charge is -2.30. The van der Waals surface area contributed by atoms with Gasteiger partial charge in [-0.1, -0.05) is 107 Å². The van der Waals surface area contributed by atoms with Crippen molar-refractivity contribution in [1.29, 1.82) is 0 Å². The minimum absolute atomic E-state index is 0.0733. The number of aryl methyl sites for hydroxylation is 1. The molecule has 4 aromatic carbocycles. The van der Waals surface area contributed by atoms with Crippen LogP contribution in [0.3, 0.4) is 0 Å². The fourth-order valence-electron chi connectivity index (χ4n) is 5.20. The van der Waals surface area contributed by atoms with Crippen LogP contribution in [0.2, 0.25) is 0 Å². The zero-order valence-corrected chi connectivity index (χ0v) is 26.7. The fourth-order valence-corrected chi connectivity index (χ4v) is 5.69. The number of nitrogens with zero attached hydrogens (tertiary/aromatic N) is 1. The number of aliphatic hydroxyl groups excluding tert-OH is 1. The van der Waals surface area contributed by atoms with Crippen molar-refractivity contribution in [2.75, 3.05) is 19.8 Å². The Bertz CT molecular complexity index is 1580. The summed E-state index contributed by atoms with van der Waals surface area (Å²) in [7, 11) is 0. The number of nitrogens with one attached hydrogen (secondary N) is 2. The van der Waals surface area contributed by atoms with Crippen LogP contribution in [0.5, 0.6) is 5.75 Å². The molecule has 0 fully saturated rings. The van der Waals surface area contributed by atoms with Gasteiger partial charge in [0, 0.05) is 41.6 Å². The molecular weight excluding hydrogens is 630 g/mol. The van der Waals surface area contributed by atoms with Gasteiger partial charge in [-0.05, 0) is 54.3 Å². The highest BCUT2D eigenvalue weighted by molar-refractivity contribution is 9.10. The summed E-state index contributed by atoms with van der Waals surface area (Å²) in [4.78, 5) is 19.3. The summed E-state index contributed by atoms with van der Waals surface area (Å²) in [5, 5.41) is 9.06. The molecule has 1 aliphatic rings. The fraction of sp³-hybridized carbons (Fsp3) is 0.243. The van der Waals surface area contributed by atoms with Crippen LogP contribution in [0.25, 0.3) is 6.08 Å². The summed E-state index contributed by atoms with van der Waals surface area (Å²) in [6, 6.07) is 35.5. The van der Waals surface area contributed by atoms with Gasteiger partial charge in [-0.15, -0.1) is 0 Å². The first-order valence-electron chi connectivity index (χ1n) is 15.2. The predicted octanol–water partition coefficient (Wildman–Crippen LogP) is 6.82. The van der Waals surface area contributed by atoms with Crippen molar-refractivity contribution in [2.45, 2.75) is 37.3 Å². The molecule has 0 spiro atoms. The average molecular weight is 669 g/mol. The number of benzene rings is 4. The minimum Gasteiger partial charge on any atom is -0.494 e. The van der Waals surface area contributed by atoms with Crippen LogP contribution >= 0.6 is 15.9 Å². The van der Waals surface area contributed by atoms with Crippen LogP contribution in [0.1, 0.15) is 47.6 Å². The minimum atomic E-state index is -1.30. The smallest absolute Gasteiger partial charge is 0.266 e. The van der Waals surface area contributed by atoms with E-state index in [2.05, 4.69) is 38.9 Å². The molecule has 0 radical (unpaired) electrons. The first-order chi connectivity index (χ1) is 22.1. The Labute approximate surface area is 273 Å². The summed E-state index contributed by atoms with van der Waals surface area (Å²) in [6.45, 7) is 1.10. The molecule has 7 nitrogen and oxygen atoms in total. The standard InChI is InChI=1S/C37H38BrN3O4/c38-33-19-8-7-18-32(33)34-37(24-9-16-28-12-3-1-4-13-28,36(43)41-39-25-10-17-29-14-5-2-6-15-29)40-35(45-34)30-20-22-31(23-21-30)44-27-11-26-42/h1-9,12-16,18-23,34,39,42H,10-11,17,24-27H2,(H,41,43)/b16-9+/t34-,37-/m0/s1. The highest BCUT2D eigenvalue weighted by Crippen LogP contribution is 2.45. The molecule has 0 saturated heterocycles. The Morgan fingerprint density at radius 2 is 1.64 bits per heavy atom. The van der Waals surface area contributed by atoms with E-state index in [0.717, 1.165) is 34.0 Å². The van der Waals surface area contributed by atoms with Crippen LogP contribution in [0.15, 0.2) is 125 Å². The van der Waals surface area contributed by atoms with Gasteiger partial charge < -0.3 is 14.6 Å². The van der Waals surface area contributed by atoms with E-state index in [-0.39, 0.29) is 12.5 Å². The summed E-state index contributed by atoms with van der Waals surface area (Å²) >= 11 is 3.69. The normalized spacial score (nSPS) is 17.6. The maximum Gasteiger partial charge on any atom is 0.266 e. The van der Waals surface area contributed by atoms with Gasteiger partial charge in [0.1, 0.15) is 5.75 Å². The molecule has 1 heterocycles. The van der Waals surface area contributed by atoms with E-state index in [4.69, 9.17) is 19.6 Å². The summed E-state index contributed by atoms with van der Waals surface area (Å²) in [6.07, 6.45) is 5.91. The number of ether oxygens (including phenoxy) is 2. The Hall–Kier alpha value is -4.24. The Balaban J connectivity index is 1.43. The third-order valence-corrected chi connectivity index (χ3v) is 8.29. The molecule has 0 saturated carbocycles. The number of hydrazine groups is 1. The number of carbonyl (C=O) groups is 1. The number of hydrogen-bond donors (Lipinski definition) is 3. The largest absolute Gasteiger partial charge is 0.494 e. The summed E-state index contributed by atoms with van der Waals surface area (Å²) in [5.41, 5.74) is 8.66. The van der Waals surface area contributed by atoms with Crippen molar-refractivity contribution in [3.8, 4) is 5.75 Å². The zero-order chi connectivity index (χ0) is 31.3. The number of amides is 1. The second-order valence-electron chi connectivity index (χ2n) is 10.8. The van der Waals surface area contributed by atoms with Crippen molar-refractivity contribution in [3.63, 3.8) is 0 Å². The van der Waals surface area contributed by atoms with Gasteiger partial charge in [0.25, 0.3) is 5.91 Å². The molecule has 0 aliphatic carbocycles. The predicted molar refractivity (Wildman–Crippen MR) is 182 cm³/mol. The Kier molecular flexibility index (Phi) is 11.6. The van der Waals surface area contributed by atoms with Crippen molar-refractivity contribution in [3.05, 3.63) is 142 Å². The van der Waals surface area contributed by atoms with E-state index < -0.39 is 11.6 Å². The molecule has 1 aliphatic heterocycles. The molecule has 4 aromatic rings. The van der Waals surface area contributed by atoms with Gasteiger partial charge in [-0.2, -0.15) is 0 Å². The quantitative estimate of drug-likeness (QED) is 0.0956. The number of rotatable bonds is 15. The van der Waals surface area contributed by atoms with E-state index >= 15 is 0 Å². The van der Waals surface area contributed by atoms with E-state index in [0.29, 0.717) is 37.6 Å². The SMILES string of the molecule is O=C(NNCCCc1ccccc1)[C@@]1(C/C=C/c2ccccc2)N=C(c2ccc(OCCCO)cc2)O[C@H]1c1ccccc1Br. The lowest BCUT2D eigenvalue weighted by Crippen LogP contribution is -2.52. The molecule has 232 valence electrons. The van der Waals surface area contributed by atoms with Crippen LogP contribution in [-0.2, 0) is 16.0 Å². The van der Waals surface area contributed by atoms with Gasteiger partial charge in [-0.3, -0.25) is 10.2 Å². The molecule has 45 heavy (non-hydrogen) atoms. The van der Waals surface area contributed by atoms with E-state index in [1.807, 2.05) is 109 Å². The van der Waals surface area contributed by atoms with Gasteiger partial charge in [-0.25, -0.2) is 10.4 Å². The van der Waals surface area contributed by atoms with Crippen LogP contribution < -0.4 is 15.6 Å². The average Bonchev–Trinajstić information content (AvgIpc) is 3.46. The van der Waals surface area contributed by atoms with Gasteiger partial charge in [0.15, 0.2) is 11.6 Å². The van der Waals surface area contributed by atoms with Gasteiger partial charge in [0.2, 0.25) is 5.90 Å². The van der Waals surface area contributed by atoms with E-state index in [1.165, 1.54) is 5.56 Å². The molecule has 5 rings (SSSR count). The molecule has 3 N–H and O–H groups in total. The lowest BCUT2D eigenvalue weighted by molar-refractivity contribution is -0.129. The van der Waals surface area contributed by atoms with Crippen molar-refractivity contribution in [1.82, 2.24) is 10.9 Å². The third-order valence-electron chi connectivity index (χ3n) is 7.57. The molecular formula is C37H38BrN3O4. The highest BCUT2D eigenvalue weighted by atomic mass is 79.9. The maximum absolute atomic E-state index is 14.3. The van der Waals surface area contributed by atoms with Gasteiger partial charge >= 0.3 is 0 Å². The molecule has 0 aromatic heterocycles. The number of halogens is 1. The van der Waals surface area contributed by atoms with Crippen LogP contribution in [0.4, 0.5) is 0 Å². The zero-order valence-electron chi connectivity index (χ0n) is 25.1. The Morgan fingerprint density at radius 3 is 2.38 bits per heavy atom. The second kappa shape index (κ2) is 16.2. The van der Waals surface area contributed by atoms with E-state index in [9.17, 15) is 4.79 Å².